The molecule has 1 aromatic rings. The Balaban J connectivity index is 2.36. The third kappa shape index (κ3) is 2.77. The van der Waals surface area contributed by atoms with Crippen molar-refractivity contribution in [3.05, 3.63) is 35.4 Å². The molecule has 0 saturated carbocycles. The molecule has 1 fully saturated rings. The smallest absolute Gasteiger partial charge is 0.416 e. The average Bonchev–Trinajstić information content (AvgIpc) is 2.71. The van der Waals surface area contributed by atoms with Gasteiger partial charge in [-0.05, 0) is 24.6 Å². The highest BCUT2D eigenvalue weighted by molar-refractivity contribution is 5.86. The van der Waals surface area contributed by atoms with Crippen LogP contribution in [0.3, 0.4) is 0 Å². The van der Waals surface area contributed by atoms with Gasteiger partial charge in [0.25, 0.3) is 0 Å². The van der Waals surface area contributed by atoms with Gasteiger partial charge in [0.15, 0.2) is 0 Å². The molecule has 2 rings (SSSR count). The highest BCUT2D eigenvalue weighted by Crippen LogP contribution is 2.38. The van der Waals surface area contributed by atoms with Gasteiger partial charge in [-0.1, -0.05) is 12.1 Å². The fourth-order valence-electron chi connectivity index (χ4n) is 2.11. The van der Waals surface area contributed by atoms with Gasteiger partial charge in [0.1, 0.15) is 11.9 Å². The number of ether oxygens (including phenoxy) is 1. The van der Waals surface area contributed by atoms with Crippen LogP contribution in [-0.4, -0.2) is 11.8 Å². The summed E-state index contributed by atoms with van der Waals surface area (Å²) in [4.78, 5) is 22.6. The molecular formula is C13H11F3O3. The number of Topliss-reactive ketones (excluding diaryl/α,β-unsaturated/α-hetero) is 1. The predicted molar refractivity (Wildman–Crippen MR) is 59.1 cm³/mol. The van der Waals surface area contributed by atoms with E-state index in [4.69, 9.17) is 4.74 Å². The fourth-order valence-corrected chi connectivity index (χ4v) is 2.11. The lowest BCUT2D eigenvalue weighted by molar-refractivity contribution is -0.141. The van der Waals surface area contributed by atoms with E-state index in [0.717, 1.165) is 12.1 Å². The molecule has 6 heteroatoms. The molecule has 1 saturated heterocycles. The van der Waals surface area contributed by atoms with Crippen LogP contribution in [0.2, 0.25) is 0 Å². The van der Waals surface area contributed by atoms with Gasteiger partial charge in [0.2, 0.25) is 0 Å². The molecular weight excluding hydrogens is 261 g/mol. The first-order valence-corrected chi connectivity index (χ1v) is 5.66. The van der Waals surface area contributed by atoms with E-state index in [9.17, 15) is 22.8 Å². The summed E-state index contributed by atoms with van der Waals surface area (Å²) in [6.45, 7) is 1.30. The molecule has 0 bridgehead atoms. The highest BCUT2D eigenvalue weighted by Gasteiger charge is 2.40. The Hall–Kier alpha value is -1.85. The number of carbonyl (C=O) groups is 2. The Morgan fingerprint density at radius 1 is 1.37 bits per heavy atom. The van der Waals surface area contributed by atoms with Crippen LogP contribution in [0.5, 0.6) is 0 Å². The van der Waals surface area contributed by atoms with Gasteiger partial charge in [-0.25, -0.2) is 0 Å². The average molecular weight is 272 g/mol. The maximum absolute atomic E-state index is 12.6. The monoisotopic (exact) mass is 272 g/mol. The first kappa shape index (κ1) is 13.6. The van der Waals surface area contributed by atoms with Crippen molar-refractivity contribution < 1.29 is 27.5 Å². The zero-order valence-corrected chi connectivity index (χ0v) is 10.0. The molecule has 0 aliphatic carbocycles. The molecule has 1 aliphatic heterocycles. The van der Waals surface area contributed by atoms with Crippen LogP contribution in [0.15, 0.2) is 24.3 Å². The molecule has 102 valence electrons. The zero-order chi connectivity index (χ0) is 14.2. The van der Waals surface area contributed by atoms with Crippen molar-refractivity contribution in [2.24, 2.45) is 5.92 Å². The second-order valence-electron chi connectivity index (χ2n) is 4.45. The van der Waals surface area contributed by atoms with E-state index in [2.05, 4.69) is 0 Å². The first-order chi connectivity index (χ1) is 8.79. The van der Waals surface area contributed by atoms with Crippen LogP contribution in [0.1, 0.15) is 30.6 Å². The van der Waals surface area contributed by atoms with E-state index in [1.54, 1.807) is 0 Å². The van der Waals surface area contributed by atoms with Gasteiger partial charge < -0.3 is 4.74 Å². The van der Waals surface area contributed by atoms with Crippen LogP contribution in [0.25, 0.3) is 0 Å². The molecule has 0 unspecified atom stereocenters. The number of ketones is 1. The second kappa shape index (κ2) is 4.68. The van der Waals surface area contributed by atoms with Gasteiger partial charge in [-0.3, -0.25) is 9.59 Å². The summed E-state index contributed by atoms with van der Waals surface area (Å²) >= 11 is 0. The normalized spacial score (nSPS) is 23.3. The summed E-state index contributed by atoms with van der Waals surface area (Å²) in [6.07, 6.45) is -5.48. The number of benzene rings is 1. The zero-order valence-electron chi connectivity index (χ0n) is 10.0. The number of alkyl halides is 3. The Labute approximate surface area is 107 Å². The van der Waals surface area contributed by atoms with Crippen molar-refractivity contribution in [3.63, 3.8) is 0 Å². The van der Waals surface area contributed by atoms with Crippen molar-refractivity contribution in [3.8, 4) is 0 Å². The van der Waals surface area contributed by atoms with Gasteiger partial charge >= 0.3 is 12.1 Å². The first-order valence-electron chi connectivity index (χ1n) is 5.66. The minimum Gasteiger partial charge on any atom is -0.457 e. The van der Waals surface area contributed by atoms with Gasteiger partial charge in [-0.15, -0.1) is 0 Å². The van der Waals surface area contributed by atoms with Crippen molar-refractivity contribution in [2.45, 2.75) is 25.6 Å². The van der Waals surface area contributed by atoms with Gasteiger partial charge in [0.05, 0.1) is 17.9 Å². The van der Waals surface area contributed by atoms with Crippen LogP contribution in [0, 0.1) is 5.92 Å². The standard InChI is InChI=1S/C13H11F3O3/c1-7(17)10-6-11(18)19-12(10)8-3-2-4-9(5-8)13(14,15)16/h2-5,10,12H,6H2,1H3/t10-,12-/m0/s1. The number of cyclic esters (lactones) is 1. The van der Waals surface area contributed by atoms with Gasteiger partial charge in [0, 0.05) is 0 Å². The van der Waals surface area contributed by atoms with E-state index < -0.39 is 29.7 Å². The molecule has 19 heavy (non-hydrogen) atoms. The Morgan fingerprint density at radius 2 is 2.05 bits per heavy atom. The van der Waals surface area contributed by atoms with Crippen LogP contribution < -0.4 is 0 Å². The van der Waals surface area contributed by atoms with Crippen molar-refractivity contribution in [1.29, 1.82) is 0 Å². The summed E-state index contributed by atoms with van der Waals surface area (Å²) in [6, 6.07) is 4.51. The summed E-state index contributed by atoms with van der Waals surface area (Å²) in [5.74, 6) is -1.55. The highest BCUT2D eigenvalue weighted by atomic mass is 19.4. The minimum atomic E-state index is -4.47. The Kier molecular flexibility index (Phi) is 3.34. The SMILES string of the molecule is CC(=O)[C@@H]1CC(=O)O[C@H]1c1cccc(C(F)(F)F)c1. The number of rotatable bonds is 2. The molecule has 0 aromatic heterocycles. The number of hydrogen-bond acceptors (Lipinski definition) is 3. The molecule has 2 atom stereocenters. The molecule has 1 aliphatic rings. The van der Waals surface area contributed by atoms with Crippen LogP contribution in [-0.2, 0) is 20.5 Å². The molecule has 0 radical (unpaired) electrons. The van der Waals surface area contributed by atoms with E-state index in [1.807, 2.05) is 0 Å². The Bertz CT molecular complexity index is 522. The van der Waals surface area contributed by atoms with Crippen molar-refractivity contribution >= 4 is 11.8 Å². The third-order valence-corrected chi connectivity index (χ3v) is 3.08. The fraction of sp³-hybridized carbons (Fsp3) is 0.385. The topological polar surface area (TPSA) is 43.4 Å². The number of carbonyl (C=O) groups excluding carboxylic acids is 2. The largest absolute Gasteiger partial charge is 0.457 e. The quantitative estimate of drug-likeness (QED) is 0.777. The van der Waals surface area contributed by atoms with Crippen molar-refractivity contribution in [2.75, 3.05) is 0 Å². The molecule has 1 aromatic carbocycles. The molecule has 3 nitrogen and oxygen atoms in total. The summed E-state index contributed by atoms with van der Waals surface area (Å²) in [7, 11) is 0. The lowest BCUT2D eigenvalue weighted by Crippen LogP contribution is -2.16. The second-order valence-corrected chi connectivity index (χ2v) is 4.45. The van der Waals surface area contributed by atoms with Crippen LogP contribution in [0.4, 0.5) is 13.2 Å². The van der Waals surface area contributed by atoms with Gasteiger partial charge in [-0.2, -0.15) is 13.2 Å². The van der Waals surface area contributed by atoms with Crippen molar-refractivity contribution in [1.82, 2.24) is 0 Å². The van der Waals surface area contributed by atoms with E-state index in [0.29, 0.717) is 0 Å². The lowest BCUT2D eigenvalue weighted by Gasteiger charge is -2.17. The maximum Gasteiger partial charge on any atom is 0.416 e. The molecule has 1 heterocycles. The minimum absolute atomic E-state index is 0.0871. The number of halogens is 3. The third-order valence-electron chi connectivity index (χ3n) is 3.08. The summed E-state index contributed by atoms with van der Waals surface area (Å²) < 4.78 is 42.8. The number of hydrogen-bond donors (Lipinski definition) is 0. The lowest BCUT2D eigenvalue weighted by atomic mass is 9.91. The van der Waals surface area contributed by atoms with Crippen LogP contribution >= 0.6 is 0 Å². The predicted octanol–water partition coefficient (Wildman–Crippen LogP) is 2.90. The summed E-state index contributed by atoms with van der Waals surface area (Å²) in [5.41, 5.74) is -0.629. The summed E-state index contributed by atoms with van der Waals surface area (Å²) in [5, 5.41) is 0. The molecule has 0 spiro atoms. The maximum atomic E-state index is 12.6. The van der Waals surface area contributed by atoms with E-state index >= 15 is 0 Å². The Morgan fingerprint density at radius 3 is 2.63 bits per heavy atom. The number of esters is 1. The molecule has 0 N–H and O–H groups in total. The molecule has 0 amide bonds. The van der Waals surface area contributed by atoms with E-state index in [-0.39, 0.29) is 17.8 Å². The van der Waals surface area contributed by atoms with E-state index in [1.165, 1.54) is 19.1 Å².